The Kier molecular flexibility index (Phi) is 7.75. The quantitative estimate of drug-likeness (QED) is 0.591. The lowest BCUT2D eigenvalue weighted by Crippen LogP contribution is -2.49. The van der Waals surface area contributed by atoms with Crippen LogP contribution in [-0.2, 0) is 9.59 Å². The molecule has 7 heteroatoms. The van der Waals surface area contributed by atoms with Crippen molar-refractivity contribution in [1.29, 1.82) is 5.26 Å². The number of phenolic OH excluding ortho intramolecular Hbond substituents is 1. The molecule has 0 spiro atoms. The third-order valence-corrected chi connectivity index (χ3v) is 6.19. The predicted octanol–water partition coefficient (Wildman–Crippen LogP) is 3.54. The van der Waals surface area contributed by atoms with Crippen LogP contribution in [-0.4, -0.2) is 28.7 Å². The molecule has 3 N–H and O–H groups in total. The molecule has 0 aliphatic heterocycles. The number of rotatable bonds is 7. The normalized spacial score (nSPS) is 19.3. The van der Waals surface area contributed by atoms with Gasteiger partial charge in [-0.15, -0.1) is 11.8 Å². The molecule has 0 bridgehead atoms. The van der Waals surface area contributed by atoms with Crippen molar-refractivity contribution in [2.75, 3.05) is 5.75 Å². The summed E-state index contributed by atoms with van der Waals surface area (Å²) in [6.07, 6.45) is 3.27. The molecule has 1 saturated carbocycles. The highest BCUT2D eigenvalue weighted by Crippen LogP contribution is 2.27. The number of nitrogens with zero attached hydrogens (tertiary/aromatic N) is 1. The number of benzene rings is 2. The van der Waals surface area contributed by atoms with Gasteiger partial charge < -0.3 is 15.7 Å². The van der Waals surface area contributed by atoms with Crippen molar-refractivity contribution < 1.29 is 14.7 Å². The molecule has 6 nitrogen and oxygen atoms in total. The topological polar surface area (TPSA) is 102 Å². The average Bonchev–Trinajstić information content (AvgIpc) is 2.77. The van der Waals surface area contributed by atoms with Gasteiger partial charge in [0, 0.05) is 10.9 Å². The lowest BCUT2D eigenvalue weighted by Gasteiger charge is -2.31. The second-order valence-electron chi connectivity index (χ2n) is 7.33. The Bertz CT molecular complexity index is 913. The molecular weight excluding hydrogens is 398 g/mol. The van der Waals surface area contributed by atoms with E-state index < -0.39 is 6.04 Å². The van der Waals surface area contributed by atoms with Crippen molar-refractivity contribution in [3.8, 4) is 11.8 Å². The van der Waals surface area contributed by atoms with Crippen LogP contribution in [0.25, 0.3) is 0 Å². The van der Waals surface area contributed by atoms with E-state index in [9.17, 15) is 20.0 Å². The highest BCUT2D eigenvalue weighted by molar-refractivity contribution is 8.00. The van der Waals surface area contributed by atoms with E-state index in [0.717, 1.165) is 24.2 Å². The lowest BCUT2D eigenvalue weighted by molar-refractivity contribution is -0.128. The first-order valence-corrected chi connectivity index (χ1v) is 11.0. The zero-order chi connectivity index (χ0) is 21.3. The fraction of sp³-hybridized carbons (Fsp3) is 0.348. The summed E-state index contributed by atoms with van der Waals surface area (Å²) in [4.78, 5) is 26.4. The van der Waals surface area contributed by atoms with Gasteiger partial charge in [0.1, 0.15) is 11.8 Å². The molecule has 3 rings (SSSR count). The Morgan fingerprint density at radius 3 is 2.63 bits per heavy atom. The van der Waals surface area contributed by atoms with Crippen LogP contribution in [0.15, 0.2) is 59.5 Å². The number of amides is 2. The molecule has 0 heterocycles. The molecule has 2 aromatic rings. The molecule has 0 radical (unpaired) electrons. The van der Waals surface area contributed by atoms with Gasteiger partial charge in [0.15, 0.2) is 0 Å². The van der Waals surface area contributed by atoms with Crippen molar-refractivity contribution in [3.05, 3.63) is 60.2 Å². The first kappa shape index (κ1) is 21.7. The molecule has 1 aliphatic rings. The fourth-order valence-corrected chi connectivity index (χ4v) is 4.41. The maximum absolute atomic E-state index is 12.9. The highest BCUT2D eigenvalue weighted by atomic mass is 32.2. The Hall–Kier alpha value is -2.98. The molecular formula is C23H25N3O3S. The minimum atomic E-state index is -0.850. The molecule has 1 fully saturated rings. The molecule has 2 aromatic carbocycles. The van der Waals surface area contributed by atoms with Gasteiger partial charge in [-0.2, -0.15) is 5.26 Å². The number of hydrogen-bond donors (Lipinski definition) is 3. The van der Waals surface area contributed by atoms with E-state index in [1.807, 2.05) is 30.3 Å². The molecule has 3 atom stereocenters. The van der Waals surface area contributed by atoms with Gasteiger partial charge in [0.25, 0.3) is 0 Å². The third kappa shape index (κ3) is 6.01. The van der Waals surface area contributed by atoms with Crippen molar-refractivity contribution in [2.24, 2.45) is 5.92 Å². The summed E-state index contributed by atoms with van der Waals surface area (Å²) < 4.78 is 0. The van der Waals surface area contributed by atoms with E-state index in [1.54, 1.807) is 12.1 Å². The maximum Gasteiger partial charge on any atom is 0.230 e. The van der Waals surface area contributed by atoms with E-state index >= 15 is 0 Å². The third-order valence-electron chi connectivity index (χ3n) is 5.18. The van der Waals surface area contributed by atoms with E-state index in [1.165, 1.54) is 23.9 Å². The number of carbonyl (C=O) groups excluding carboxylic acids is 2. The summed E-state index contributed by atoms with van der Waals surface area (Å²) >= 11 is 1.46. The van der Waals surface area contributed by atoms with Crippen LogP contribution < -0.4 is 10.6 Å². The zero-order valence-corrected chi connectivity index (χ0v) is 17.4. The van der Waals surface area contributed by atoms with Crippen LogP contribution in [0.1, 0.15) is 37.3 Å². The van der Waals surface area contributed by atoms with Crippen LogP contribution >= 0.6 is 11.8 Å². The van der Waals surface area contributed by atoms with Gasteiger partial charge in [0.05, 0.1) is 17.7 Å². The van der Waals surface area contributed by atoms with Gasteiger partial charge in [-0.1, -0.05) is 43.2 Å². The zero-order valence-electron chi connectivity index (χ0n) is 16.6. The van der Waals surface area contributed by atoms with Gasteiger partial charge in [-0.25, -0.2) is 0 Å². The lowest BCUT2D eigenvalue weighted by atomic mass is 9.83. The number of thioether (sulfide) groups is 1. The minimum Gasteiger partial charge on any atom is -0.508 e. The van der Waals surface area contributed by atoms with E-state index in [0.29, 0.717) is 17.7 Å². The van der Waals surface area contributed by atoms with Gasteiger partial charge in [-0.3, -0.25) is 9.59 Å². The predicted molar refractivity (Wildman–Crippen MR) is 116 cm³/mol. The van der Waals surface area contributed by atoms with Crippen molar-refractivity contribution >= 4 is 23.6 Å². The molecule has 0 saturated heterocycles. The van der Waals surface area contributed by atoms with Crippen molar-refractivity contribution in [3.63, 3.8) is 0 Å². The Balaban J connectivity index is 1.59. The Morgan fingerprint density at radius 2 is 1.90 bits per heavy atom. The van der Waals surface area contributed by atoms with Crippen molar-refractivity contribution in [1.82, 2.24) is 10.6 Å². The number of phenols is 1. The molecule has 1 unspecified atom stereocenters. The summed E-state index contributed by atoms with van der Waals surface area (Å²) in [7, 11) is 0. The Morgan fingerprint density at radius 1 is 1.13 bits per heavy atom. The summed E-state index contributed by atoms with van der Waals surface area (Å²) in [5.74, 6) is -0.388. The number of nitrogens with one attached hydrogen (secondary N) is 2. The molecule has 156 valence electrons. The molecule has 1 aliphatic carbocycles. The SMILES string of the molecule is N#CC(NC(=O)[C@@H]1CCCC[C@H]1NC(=O)CSc1ccccc1)c1cccc(O)c1. The number of aromatic hydroxyl groups is 1. The van der Waals surface area contributed by atoms with Gasteiger partial charge >= 0.3 is 0 Å². The molecule has 30 heavy (non-hydrogen) atoms. The summed E-state index contributed by atoms with van der Waals surface area (Å²) in [6, 6.07) is 17.0. The largest absolute Gasteiger partial charge is 0.508 e. The smallest absolute Gasteiger partial charge is 0.230 e. The number of nitriles is 1. The van der Waals surface area contributed by atoms with Crippen LogP contribution in [0.5, 0.6) is 5.75 Å². The minimum absolute atomic E-state index is 0.0423. The van der Waals surface area contributed by atoms with E-state index in [4.69, 9.17) is 0 Å². The van der Waals surface area contributed by atoms with Crippen LogP contribution in [0.3, 0.4) is 0 Å². The van der Waals surface area contributed by atoms with E-state index in [-0.39, 0.29) is 29.5 Å². The molecule has 0 aromatic heterocycles. The summed E-state index contributed by atoms with van der Waals surface area (Å²) in [6.45, 7) is 0. The monoisotopic (exact) mass is 423 g/mol. The average molecular weight is 424 g/mol. The summed E-state index contributed by atoms with van der Waals surface area (Å²) in [5.41, 5.74) is 0.529. The van der Waals surface area contributed by atoms with Crippen LogP contribution in [0, 0.1) is 17.2 Å². The second-order valence-corrected chi connectivity index (χ2v) is 8.38. The first-order valence-electron chi connectivity index (χ1n) is 10.0. The van der Waals surface area contributed by atoms with Crippen LogP contribution in [0.2, 0.25) is 0 Å². The molecule has 2 amide bonds. The van der Waals surface area contributed by atoms with Gasteiger partial charge in [0.2, 0.25) is 11.8 Å². The summed E-state index contributed by atoms with van der Waals surface area (Å²) in [5, 5.41) is 24.9. The number of hydrogen-bond acceptors (Lipinski definition) is 5. The number of carbonyl (C=O) groups is 2. The fourth-order valence-electron chi connectivity index (χ4n) is 3.68. The second kappa shape index (κ2) is 10.7. The van der Waals surface area contributed by atoms with Gasteiger partial charge in [-0.05, 0) is 42.7 Å². The highest BCUT2D eigenvalue weighted by Gasteiger charge is 2.33. The first-order chi connectivity index (χ1) is 14.6. The van der Waals surface area contributed by atoms with E-state index in [2.05, 4.69) is 16.7 Å². The Labute approximate surface area is 180 Å². The maximum atomic E-state index is 12.9. The van der Waals surface area contributed by atoms with Crippen molar-refractivity contribution in [2.45, 2.75) is 42.7 Å². The van der Waals surface area contributed by atoms with Crippen LogP contribution in [0.4, 0.5) is 0 Å². The standard InChI is InChI=1S/C23H25N3O3S/c24-14-21(16-7-6-8-17(27)13-16)26-23(29)19-11-4-5-12-20(19)25-22(28)15-30-18-9-2-1-3-10-18/h1-3,6-10,13,19-21,27H,4-5,11-12,15H2,(H,25,28)(H,26,29)/t19-,20-,21?/m1/s1.